The van der Waals surface area contributed by atoms with Gasteiger partial charge in [-0.15, -0.1) is 0 Å². The Labute approximate surface area is 132 Å². The zero-order chi connectivity index (χ0) is 16.4. The van der Waals surface area contributed by atoms with Gasteiger partial charge in [-0.25, -0.2) is 0 Å². The number of nitrogens with one attached hydrogen (secondary N) is 2. The highest BCUT2D eigenvalue weighted by Gasteiger charge is 2.24. The molecule has 0 saturated carbocycles. The Kier molecular flexibility index (Phi) is 7.22. The molecule has 0 aliphatic rings. The maximum absolute atomic E-state index is 11.3. The molecule has 0 atom stereocenters. The van der Waals surface area contributed by atoms with Gasteiger partial charge < -0.3 is 21.1 Å². The van der Waals surface area contributed by atoms with Crippen molar-refractivity contribution in [1.29, 1.82) is 0 Å². The lowest BCUT2D eigenvalue weighted by molar-refractivity contribution is -0.125. The average molecular weight is 306 g/mol. The Hall–Kier alpha value is -2.24. The van der Waals surface area contributed by atoms with Crippen molar-refractivity contribution in [3.63, 3.8) is 0 Å². The van der Waals surface area contributed by atoms with Crippen LogP contribution in [0, 0.1) is 5.41 Å². The third-order valence-corrected chi connectivity index (χ3v) is 3.05. The summed E-state index contributed by atoms with van der Waals surface area (Å²) in [4.78, 5) is 15.7. The van der Waals surface area contributed by atoms with Crippen LogP contribution in [0.2, 0.25) is 0 Å². The van der Waals surface area contributed by atoms with Crippen molar-refractivity contribution < 1.29 is 9.53 Å². The van der Waals surface area contributed by atoms with Crippen LogP contribution in [0.1, 0.15) is 20.8 Å². The van der Waals surface area contributed by atoms with Crippen LogP contribution in [0.5, 0.6) is 5.75 Å². The van der Waals surface area contributed by atoms with Gasteiger partial charge in [0.2, 0.25) is 5.91 Å². The van der Waals surface area contributed by atoms with Crippen molar-refractivity contribution in [1.82, 2.24) is 10.6 Å². The third-order valence-electron chi connectivity index (χ3n) is 3.05. The molecule has 22 heavy (non-hydrogen) atoms. The van der Waals surface area contributed by atoms with E-state index >= 15 is 0 Å². The van der Waals surface area contributed by atoms with E-state index in [1.165, 1.54) is 0 Å². The fourth-order valence-corrected chi connectivity index (χ4v) is 1.55. The van der Waals surface area contributed by atoms with E-state index in [-0.39, 0.29) is 5.91 Å². The van der Waals surface area contributed by atoms with E-state index in [2.05, 4.69) is 15.6 Å². The molecule has 0 fully saturated rings. The molecule has 0 aliphatic heterocycles. The first-order chi connectivity index (χ1) is 10.5. The first-order valence-electron chi connectivity index (χ1n) is 7.45. The second-order valence-corrected chi connectivity index (χ2v) is 5.53. The van der Waals surface area contributed by atoms with Gasteiger partial charge in [0.25, 0.3) is 0 Å². The molecule has 0 spiro atoms. The minimum atomic E-state index is -0.664. The van der Waals surface area contributed by atoms with Gasteiger partial charge >= 0.3 is 0 Å². The van der Waals surface area contributed by atoms with Crippen LogP contribution in [-0.2, 0) is 4.79 Å². The van der Waals surface area contributed by atoms with Crippen molar-refractivity contribution in [3.05, 3.63) is 30.3 Å². The van der Waals surface area contributed by atoms with E-state index in [0.717, 1.165) is 12.3 Å². The molecule has 4 N–H and O–H groups in total. The molecule has 122 valence electrons. The van der Waals surface area contributed by atoms with Crippen molar-refractivity contribution in [2.24, 2.45) is 16.1 Å². The Balaban J connectivity index is 2.42. The van der Waals surface area contributed by atoms with Crippen LogP contribution >= 0.6 is 0 Å². The number of aliphatic imine (C=N–C) groups is 1. The lowest BCUT2D eigenvalue weighted by atomic mass is 9.93. The number of nitrogens with zero attached hydrogens (tertiary/aromatic N) is 1. The number of ether oxygens (including phenoxy) is 1. The first-order valence-corrected chi connectivity index (χ1v) is 7.45. The molecule has 0 unspecified atom stereocenters. The summed E-state index contributed by atoms with van der Waals surface area (Å²) in [5, 5.41) is 6.29. The highest BCUT2D eigenvalue weighted by molar-refractivity contribution is 5.82. The lowest BCUT2D eigenvalue weighted by Gasteiger charge is -2.19. The van der Waals surface area contributed by atoms with Crippen LogP contribution in [0.3, 0.4) is 0 Å². The average Bonchev–Trinajstić information content (AvgIpc) is 2.50. The molecular formula is C16H26N4O2. The Bertz CT molecular complexity index is 486. The molecule has 1 rings (SSSR count). The number of hydrogen-bond acceptors (Lipinski definition) is 3. The lowest BCUT2D eigenvalue weighted by Crippen LogP contribution is -2.41. The van der Waals surface area contributed by atoms with Gasteiger partial charge in [-0.1, -0.05) is 18.2 Å². The molecule has 6 heteroatoms. The van der Waals surface area contributed by atoms with Crippen LogP contribution in [0.15, 0.2) is 35.3 Å². The van der Waals surface area contributed by atoms with Crippen molar-refractivity contribution in [2.75, 3.05) is 26.2 Å². The molecule has 0 radical (unpaired) electrons. The van der Waals surface area contributed by atoms with Gasteiger partial charge in [-0.3, -0.25) is 9.79 Å². The van der Waals surface area contributed by atoms with Gasteiger partial charge in [-0.2, -0.15) is 0 Å². The maximum atomic E-state index is 11.3. The largest absolute Gasteiger partial charge is 0.492 e. The monoisotopic (exact) mass is 306 g/mol. The zero-order valence-electron chi connectivity index (χ0n) is 13.6. The SMILES string of the molecule is CCNC(=NCC(C)(C)C(N)=O)NCCOc1ccccc1. The van der Waals surface area contributed by atoms with Crippen LogP contribution < -0.4 is 21.1 Å². The normalized spacial score (nSPS) is 11.9. The Morgan fingerprint density at radius 2 is 1.95 bits per heavy atom. The summed E-state index contributed by atoms with van der Waals surface area (Å²) in [7, 11) is 0. The number of carbonyl (C=O) groups excluding carboxylic acids is 1. The summed E-state index contributed by atoms with van der Waals surface area (Å²) >= 11 is 0. The van der Waals surface area contributed by atoms with Crippen LogP contribution in [-0.4, -0.2) is 38.1 Å². The van der Waals surface area contributed by atoms with E-state index in [0.29, 0.717) is 25.7 Å². The summed E-state index contributed by atoms with van der Waals surface area (Å²) in [5.41, 5.74) is 4.68. The minimum absolute atomic E-state index is 0.331. The van der Waals surface area contributed by atoms with Crippen molar-refractivity contribution in [2.45, 2.75) is 20.8 Å². The van der Waals surface area contributed by atoms with Crippen LogP contribution in [0.4, 0.5) is 0 Å². The van der Waals surface area contributed by atoms with Gasteiger partial charge in [-0.05, 0) is 32.9 Å². The number of hydrogen-bond donors (Lipinski definition) is 3. The number of nitrogens with two attached hydrogens (primary N) is 1. The third kappa shape index (κ3) is 6.47. The number of amides is 1. The van der Waals surface area contributed by atoms with Gasteiger partial charge in [0.1, 0.15) is 12.4 Å². The quantitative estimate of drug-likeness (QED) is 0.382. The van der Waals surface area contributed by atoms with Crippen molar-refractivity contribution in [3.8, 4) is 5.75 Å². The summed E-state index contributed by atoms with van der Waals surface area (Å²) in [5.74, 6) is 1.12. The molecule has 1 aromatic rings. The first kappa shape index (κ1) is 17.8. The second-order valence-electron chi connectivity index (χ2n) is 5.53. The fourth-order valence-electron chi connectivity index (χ4n) is 1.55. The van der Waals surface area contributed by atoms with Crippen molar-refractivity contribution >= 4 is 11.9 Å². The van der Waals surface area contributed by atoms with E-state index < -0.39 is 5.41 Å². The summed E-state index contributed by atoms with van der Waals surface area (Å²) in [6.45, 7) is 7.74. The highest BCUT2D eigenvalue weighted by atomic mass is 16.5. The molecule has 0 aliphatic carbocycles. The fraction of sp³-hybridized carbons (Fsp3) is 0.500. The van der Waals surface area contributed by atoms with Gasteiger partial charge in [0.15, 0.2) is 5.96 Å². The molecule has 0 bridgehead atoms. The summed E-state index contributed by atoms with van der Waals surface area (Å²) in [6, 6.07) is 9.63. The topological polar surface area (TPSA) is 88.7 Å². The molecule has 0 saturated heterocycles. The Morgan fingerprint density at radius 3 is 2.55 bits per heavy atom. The number of guanidine groups is 1. The number of para-hydroxylation sites is 1. The van der Waals surface area contributed by atoms with E-state index in [1.54, 1.807) is 13.8 Å². The predicted molar refractivity (Wildman–Crippen MR) is 88.9 cm³/mol. The molecular weight excluding hydrogens is 280 g/mol. The maximum Gasteiger partial charge on any atom is 0.224 e. The number of carbonyl (C=O) groups is 1. The Morgan fingerprint density at radius 1 is 1.27 bits per heavy atom. The number of rotatable bonds is 8. The summed E-state index contributed by atoms with van der Waals surface area (Å²) in [6.07, 6.45) is 0. The molecule has 0 heterocycles. The van der Waals surface area contributed by atoms with Gasteiger partial charge in [0, 0.05) is 6.54 Å². The number of benzene rings is 1. The standard InChI is InChI=1S/C16H26N4O2/c1-4-18-15(20-12-16(2,3)14(17)21)19-10-11-22-13-8-6-5-7-9-13/h5-9H,4,10-12H2,1-3H3,(H2,17,21)(H2,18,19,20). The van der Waals surface area contributed by atoms with E-state index in [1.807, 2.05) is 37.3 Å². The zero-order valence-corrected chi connectivity index (χ0v) is 13.6. The minimum Gasteiger partial charge on any atom is -0.492 e. The number of primary amides is 1. The summed E-state index contributed by atoms with van der Waals surface area (Å²) < 4.78 is 5.60. The molecule has 0 aromatic heterocycles. The molecule has 1 amide bonds. The molecule has 6 nitrogen and oxygen atoms in total. The van der Waals surface area contributed by atoms with E-state index in [4.69, 9.17) is 10.5 Å². The smallest absolute Gasteiger partial charge is 0.224 e. The van der Waals surface area contributed by atoms with Gasteiger partial charge in [0.05, 0.1) is 18.5 Å². The molecule has 1 aromatic carbocycles. The highest BCUT2D eigenvalue weighted by Crippen LogP contribution is 2.13. The predicted octanol–water partition coefficient (Wildman–Crippen LogP) is 1.13. The van der Waals surface area contributed by atoms with Crippen LogP contribution in [0.25, 0.3) is 0 Å². The van der Waals surface area contributed by atoms with E-state index in [9.17, 15) is 4.79 Å². The second kappa shape index (κ2) is 8.92.